The average molecular weight is 219 g/mol. The van der Waals surface area contributed by atoms with Crippen molar-refractivity contribution in [2.24, 2.45) is 5.92 Å². The second-order valence-electron chi connectivity index (χ2n) is 5.01. The van der Waals surface area contributed by atoms with E-state index in [1.807, 2.05) is 13.0 Å². The van der Waals surface area contributed by atoms with E-state index in [4.69, 9.17) is 5.73 Å². The first-order chi connectivity index (χ1) is 7.65. The SMILES string of the molecule is Cc1cc(NC2CCC(C)CC2)c(N)cn1. The van der Waals surface area contributed by atoms with Crippen LogP contribution in [-0.4, -0.2) is 11.0 Å². The van der Waals surface area contributed by atoms with E-state index in [2.05, 4.69) is 17.2 Å². The lowest BCUT2D eigenvalue weighted by molar-refractivity contribution is 0.361. The van der Waals surface area contributed by atoms with Crippen molar-refractivity contribution in [3.05, 3.63) is 18.0 Å². The Morgan fingerprint density at radius 3 is 2.69 bits per heavy atom. The van der Waals surface area contributed by atoms with E-state index in [9.17, 15) is 0 Å². The Hall–Kier alpha value is -1.25. The lowest BCUT2D eigenvalue weighted by atomic mass is 9.87. The first-order valence-electron chi connectivity index (χ1n) is 6.14. The van der Waals surface area contributed by atoms with Crippen molar-refractivity contribution in [3.8, 4) is 0 Å². The highest BCUT2D eigenvalue weighted by Crippen LogP contribution is 2.27. The van der Waals surface area contributed by atoms with Gasteiger partial charge in [-0.05, 0) is 44.6 Å². The van der Waals surface area contributed by atoms with Gasteiger partial charge in [-0.15, -0.1) is 0 Å². The normalized spacial score (nSPS) is 25.4. The third kappa shape index (κ3) is 2.65. The molecule has 1 aromatic rings. The van der Waals surface area contributed by atoms with E-state index in [0.717, 1.165) is 23.0 Å². The van der Waals surface area contributed by atoms with Gasteiger partial charge in [-0.25, -0.2) is 0 Å². The minimum absolute atomic E-state index is 0.584. The van der Waals surface area contributed by atoms with Crippen molar-refractivity contribution in [2.45, 2.75) is 45.6 Å². The third-order valence-electron chi connectivity index (χ3n) is 3.45. The van der Waals surface area contributed by atoms with Crippen LogP contribution < -0.4 is 11.1 Å². The van der Waals surface area contributed by atoms with Crippen molar-refractivity contribution < 1.29 is 0 Å². The largest absolute Gasteiger partial charge is 0.396 e. The molecule has 0 spiro atoms. The molecule has 0 aliphatic heterocycles. The molecule has 1 fully saturated rings. The Morgan fingerprint density at radius 1 is 1.31 bits per heavy atom. The van der Waals surface area contributed by atoms with E-state index in [-0.39, 0.29) is 0 Å². The predicted octanol–water partition coefficient (Wildman–Crippen LogP) is 2.96. The van der Waals surface area contributed by atoms with Crippen LogP contribution in [0.3, 0.4) is 0 Å². The fraction of sp³-hybridized carbons (Fsp3) is 0.615. The first kappa shape index (κ1) is 11.2. The summed E-state index contributed by atoms with van der Waals surface area (Å²) in [6.07, 6.45) is 6.89. The molecule has 3 nitrogen and oxygen atoms in total. The van der Waals surface area contributed by atoms with Gasteiger partial charge in [0, 0.05) is 11.7 Å². The molecule has 1 aliphatic rings. The molecule has 1 aliphatic carbocycles. The number of aromatic nitrogens is 1. The standard InChI is InChI=1S/C13H21N3/c1-9-3-5-11(6-4-9)16-13-7-10(2)15-8-12(13)14/h7-9,11H,3-6,14H2,1-2H3,(H,15,16). The number of nitrogens with one attached hydrogen (secondary N) is 1. The topological polar surface area (TPSA) is 50.9 Å². The molecule has 3 heteroatoms. The van der Waals surface area contributed by atoms with E-state index >= 15 is 0 Å². The number of nitrogens with zero attached hydrogens (tertiary/aromatic N) is 1. The fourth-order valence-electron chi connectivity index (χ4n) is 2.32. The number of hydrogen-bond acceptors (Lipinski definition) is 3. The summed E-state index contributed by atoms with van der Waals surface area (Å²) in [7, 11) is 0. The van der Waals surface area contributed by atoms with Gasteiger partial charge in [0.15, 0.2) is 0 Å². The summed E-state index contributed by atoms with van der Waals surface area (Å²) in [5.74, 6) is 0.884. The predicted molar refractivity (Wildman–Crippen MR) is 68.4 cm³/mol. The zero-order chi connectivity index (χ0) is 11.5. The maximum atomic E-state index is 5.91. The molecule has 1 heterocycles. The van der Waals surface area contributed by atoms with Gasteiger partial charge in [0.1, 0.15) is 0 Å². The molecule has 1 aromatic heterocycles. The lowest BCUT2D eigenvalue weighted by Gasteiger charge is -2.28. The minimum atomic E-state index is 0.584. The maximum absolute atomic E-state index is 5.91. The highest BCUT2D eigenvalue weighted by atomic mass is 14.9. The highest BCUT2D eigenvalue weighted by Gasteiger charge is 2.18. The van der Waals surface area contributed by atoms with Gasteiger partial charge in [0.25, 0.3) is 0 Å². The van der Waals surface area contributed by atoms with Crippen molar-refractivity contribution >= 4 is 11.4 Å². The Morgan fingerprint density at radius 2 is 2.00 bits per heavy atom. The van der Waals surface area contributed by atoms with Crippen LogP contribution >= 0.6 is 0 Å². The second kappa shape index (κ2) is 4.73. The molecule has 0 amide bonds. The molecule has 88 valence electrons. The number of nitrogens with two attached hydrogens (primary N) is 1. The van der Waals surface area contributed by atoms with Crippen molar-refractivity contribution in [3.63, 3.8) is 0 Å². The maximum Gasteiger partial charge on any atom is 0.0736 e. The molecule has 0 atom stereocenters. The molecule has 0 aromatic carbocycles. The van der Waals surface area contributed by atoms with E-state index < -0.39 is 0 Å². The molecule has 0 bridgehead atoms. The van der Waals surface area contributed by atoms with Crippen LogP contribution in [0.5, 0.6) is 0 Å². The smallest absolute Gasteiger partial charge is 0.0736 e. The van der Waals surface area contributed by atoms with Crippen LogP contribution in [0, 0.1) is 12.8 Å². The zero-order valence-corrected chi connectivity index (χ0v) is 10.2. The van der Waals surface area contributed by atoms with Crippen LogP contribution in [0.4, 0.5) is 11.4 Å². The second-order valence-corrected chi connectivity index (χ2v) is 5.01. The first-order valence-corrected chi connectivity index (χ1v) is 6.14. The number of aryl methyl sites for hydroxylation is 1. The summed E-state index contributed by atoms with van der Waals surface area (Å²) >= 11 is 0. The van der Waals surface area contributed by atoms with Gasteiger partial charge in [0.05, 0.1) is 17.6 Å². The number of pyridine rings is 1. The van der Waals surface area contributed by atoms with Crippen LogP contribution in [0.15, 0.2) is 12.3 Å². The van der Waals surface area contributed by atoms with Gasteiger partial charge in [-0.1, -0.05) is 6.92 Å². The quantitative estimate of drug-likeness (QED) is 0.804. The molecule has 0 radical (unpaired) electrons. The van der Waals surface area contributed by atoms with Gasteiger partial charge in [-0.2, -0.15) is 0 Å². The molecule has 0 unspecified atom stereocenters. The van der Waals surface area contributed by atoms with Gasteiger partial charge in [0.2, 0.25) is 0 Å². The minimum Gasteiger partial charge on any atom is -0.396 e. The number of nitrogen functional groups attached to an aromatic ring is 1. The molecule has 0 saturated heterocycles. The van der Waals surface area contributed by atoms with Crippen molar-refractivity contribution in [1.82, 2.24) is 4.98 Å². The molecule has 2 rings (SSSR count). The Kier molecular flexibility index (Phi) is 3.32. The van der Waals surface area contributed by atoms with Crippen LogP contribution in [0.1, 0.15) is 38.3 Å². The number of anilines is 2. The summed E-state index contributed by atoms with van der Waals surface area (Å²) < 4.78 is 0. The van der Waals surface area contributed by atoms with Crippen LogP contribution in [0.25, 0.3) is 0 Å². The summed E-state index contributed by atoms with van der Waals surface area (Å²) in [5.41, 5.74) is 8.73. The van der Waals surface area contributed by atoms with Gasteiger partial charge < -0.3 is 11.1 Å². The van der Waals surface area contributed by atoms with Crippen LogP contribution in [0.2, 0.25) is 0 Å². The van der Waals surface area contributed by atoms with Gasteiger partial charge in [-0.3, -0.25) is 4.98 Å². The molecular formula is C13H21N3. The third-order valence-corrected chi connectivity index (χ3v) is 3.45. The molecule has 1 saturated carbocycles. The van der Waals surface area contributed by atoms with E-state index in [0.29, 0.717) is 6.04 Å². The molecule has 3 N–H and O–H groups in total. The van der Waals surface area contributed by atoms with Gasteiger partial charge >= 0.3 is 0 Å². The van der Waals surface area contributed by atoms with Crippen molar-refractivity contribution in [1.29, 1.82) is 0 Å². The molecule has 16 heavy (non-hydrogen) atoms. The number of hydrogen-bond donors (Lipinski definition) is 2. The monoisotopic (exact) mass is 219 g/mol. The fourth-order valence-corrected chi connectivity index (χ4v) is 2.32. The summed E-state index contributed by atoms with van der Waals surface area (Å²) in [6.45, 7) is 4.33. The average Bonchev–Trinajstić information content (AvgIpc) is 2.27. The highest BCUT2D eigenvalue weighted by molar-refractivity contribution is 5.65. The van der Waals surface area contributed by atoms with Crippen LogP contribution in [-0.2, 0) is 0 Å². The van der Waals surface area contributed by atoms with Crippen molar-refractivity contribution in [2.75, 3.05) is 11.1 Å². The summed E-state index contributed by atoms with van der Waals surface area (Å²) in [4.78, 5) is 4.18. The number of rotatable bonds is 2. The summed E-state index contributed by atoms with van der Waals surface area (Å²) in [5, 5.41) is 3.55. The summed E-state index contributed by atoms with van der Waals surface area (Å²) in [6, 6.07) is 2.62. The Balaban J connectivity index is 2.00. The zero-order valence-electron chi connectivity index (χ0n) is 10.2. The van der Waals surface area contributed by atoms with E-state index in [1.54, 1.807) is 6.20 Å². The lowest BCUT2D eigenvalue weighted by Crippen LogP contribution is -2.25. The van der Waals surface area contributed by atoms with E-state index in [1.165, 1.54) is 25.7 Å². The Bertz CT molecular complexity index is 354. The molecular weight excluding hydrogens is 198 g/mol. The Labute approximate surface area is 97.5 Å².